The van der Waals surface area contributed by atoms with Crippen LogP contribution in [0, 0.1) is 6.08 Å². The summed E-state index contributed by atoms with van der Waals surface area (Å²) >= 11 is 0. The predicted octanol–water partition coefficient (Wildman–Crippen LogP) is 1.67. The highest BCUT2D eigenvalue weighted by molar-refractivity contribution is 5.79. The molecule has 2 nitrogen and oxygen atoms in total. The first kappa shape index (κ1) is 8.53. The third-order valence-electron chi connectivity index (χ3n) is 1.37. The van der Waals surface area contributed by atoms with Gasteiger partial charge >= 0.3 is 5.97 Å². The average molecular weight is 161 g/mol. The van der Waals surface area contributed by atoms with Gasteiger partial charge in [-0.2, -0.15) is 0 Å². The van der Waals surface area contributed by atoms with E-state index in [0.717, 1.165) is 11.6 Å². The zero-order valence-electron chi connectivity index (χ0n) is 6.53. The van der Waals surface area contributed by atoms with Crippen molar-refractivity contribution >= 4 is 5.97 Å². The first-order valence-electron chi connectivity index (χ1n) is 3.62. The Morgan fingerprint density at radius 2 is 2.08 bits per heavy atom. The van der Waals surface area contributed by atoms with Crippen molar-refractivity contribution in [1.29, 1.82) is 0 Å². The second-order valence-corrected chi connectivity index (χ2v) is 2.35. The average Bonchev–Trinajstić information content (AvgIpc) is 2.05. The van der Waals surface area contributed by atoms with Crippen LogP contribution in [0.25, 0.3) is 0 Å². The molecule has 0 heterocycles. The molecule has 2 heteroatoms. The van der Waals surface area contributed by atoms with E-state index in [1.165, 1.54) is 0 Å². The molecule has 0 unspecified atom stereocenters. The van der Waals surface area contributed by atoms with Crippen molar-refractivity contribution in [2.24, 2.45) is 0 Å². The number of carboxylic acid groups (broad SMARTS) is 1. The van der Waals surface area contributed by atoms with E-state index in [4.69, 9.17) is 5.11 Å². The smallest absolute Gasteiger partial charge is 0.328 e. The topological polar surface area (TPSA) is 37.3 Å². The Morgan fingerprint density at radius 1 is 1.42 bits per heavy atom. The zero-order valence-corrected chi connectivity index (χ0v) is 6.53. The molecule has 0 bridgehead atoms. The summed E-state index contributed by atoms with van der Waals surface area (Å²) < 4.78 is 0. The highest BCUT2D eigenvalue weighted by Gasteiger charge is 1.88. The summed E-state index contributed by atoms with van der Waals surface area (Å²) in [5, 5.41) is 8.27. The molecule has 1 aromatic rings. The molecule has 0 fully saturated rings. The lowest BCUT2D eigenvalue weighted by Crippen LogP contribution is -1.87. The molecule has 0 aromatic heterocycles. The van der Waals surface area contributed by atoms with Gasteiger partial charge in [0.25, 0.3) is 0 Å². The minimum Gasteiger partial charge on any atom is -0.478 e. The third-order valence-corrected chi connectivity index (χ3v) is 1.37. The van der Waals surface area contributed by atoms with Gasteiger partial charge in [0.05, 0.1) is 0 Å². The Balaban J connectivity index is 2.49. The van der Waals surface area contributed by atoms with Crippen LogP contribution in [0.5, 0.6) is 0 Å². The van der Waals surface area contributed by atoms with Crippen LogP contribution in [0.2, 0.25) is 0 Å². The summed E-state index contributed by atoms with van der Waals surface area (Å²) in [4.78, 5) is 10.1. The van der Waals surface area contributed by atoms with E-state index in [9.17, 15) is 4.79 Å². The summed E-state index contributed by atoms with van der Waals surface area (Å²) in [6.45, 7) is 0. The molecule has 0 aliphatic heterocycles. The fourth-order valence-electron chi connectivity index (χ4n) is 0.852. The lowest BCUT2D eigenvalue weighted by molar-refractivity contribution is -0.131. The van der Waals surface area contributed by atoms with E-state index in [0.29, 0.717) is 6.42 Å². The molecular weight excluding hydrogens is 152 g/mol. The SMILES string of the molecule is O=C(O)/C=[C]/Cc1ccccc1. The van der Waals surface area contributed by atoms with Crippen LogP contribution in [0.3, 0.4) is 0 Å². The molecule has 1 rings (SSSR count). The van der Waals surface area contributed by atoms with Gasteiger partial charge in [-0.25, -0.2) is 4.79 Å². The summed E-state index contributed by atoms with van der Waals surface area (Å²) in [6, 6.07) is 9.62. The van der Waals surface area contributed by atoms with Gasteiger partial charge in [0.1, 0.15) is 0 Å². The predicted molar refractivity (Wildman–Crippen MR) is 45.6 cm³/mol. The van der Waals surface area contributed by atoms with Gasteiger partial charge < -0.3 is 5.11 Å². The van der Waals surface area contributed by atoms with Crippen LogP contribution in [-0.4, -0.2) is 11.1 Å². The van der Waals surface area contributed by atoms with Crippen molar-refractivity contribution in [3.63, 3.8) is 0 Å². The van der Waals surface area contributed by atoms with Crippen LogP contribution in [0.4, 0.5) is 0 Å². The van der Waals surface area contributed by atoms with Crippen molar-refractivity contribution in [2.45, 2.75) is 6.42 Å². The van der Waals surface area contributed by atoms with Crippen LogP contribution in [-0.2, 0) is 11.2 Å². The van der Waals surface area contributed by atoms with Crippen LogP contribution < -0.4 is 0 Å². The lowest BCUT2D eigenvalue weighted by atomic mass is 10.1. The monoisotopic (exact) mass is 161 g/mol. The Labute approximate surface area is 71.2 Å². The van der Waals surface area contributed by atoms with Gasteiger partial charge in [0.2, 0.25) is 0 Å². The van der Waals surface area contributed by atoms with E-state index in [2.05, 4.69) is 6.08 Å². The van der Waals surface area contributed by atoms with Gasteiger partial charge in [-0.05, 0) is 18.1 Å². The molecule has 12 heavy (non-hydrogen) atoms. The number of rotatable bonds is 3. The lowest BCUT2D eigenvalue weighted by Gasteiger charge is -1.91. The molecule has 0 aliphatic carbocycles. The summed E-state index contributed by atoms with van der Waals surface area (Å²) in [5.41, 5.74) is 1.06. The van der Waals surface area contributed by atoms with Gasteiger partial charge in [0.15, 0.2) is 0 Å². The minimum atomic E-state index is -0.953. The van der Waals surface area contributed by atoms with E-state index < -0.39 is 5.97 Å². The minimum absolute atomic E-state index is 0.549. The van der Waals surface area contributed by atoms with Crippen LogP contribution >= 0.6 is 0 Å². The maximum Gasteiger partial charge on any atom is 0.328 e. The van der Waals surface area contributed by atoms with Gasteiger partial charge in [-0.3, -0.25) is 0 Å². The van der Waals surface area contributed by atoms with E-state index >= 15 is 0 Å². The van der Waals surface area contributed by atoms with Crippen LogP contribution in [0.1, 0.15) is 5.56 Å². The summed E-state index contributed by atoms with van der Waals surface area (Å²) in [5.74, 6) is -0.953. The molecular formula is C10H9O2. The molecule has 0 spiro atoms. The number of carbonyl (C=O) groups is 1. The number of carboxylic acids is 1. The number of benzene rings is 1. The normalized spacial score (nSPS) is 10.3. The fraction of sp³-hybridized carbons (Fsp3) is 0.100. The first-order valence-corrected chi connectivity index (χ1v) is 3.62. The highest BCUT2D eigenvalue weighted by atomic mass is 16.4. The molecule has 61 valence electrons. The largest absolute Gasteiger partial charge is 0.478 e. The standard InChI is InChI=1S/C10H9O2/c11-10(12)8-4-7-9-5-2-1-3-6-9/h1-3,5-6,8H,7H2,(H,11,12). The quantitative estimate of drug-likeness (QED) is 0.685. The molecule has 0 amide bonds. The maximum absolute atomic E-state index is 10.1. The van der Waals surface area contributed by atoms with E-state index in [-0.39, 0.29) is 0 Å². The first-order chi connectivity index (χ1) is 5.79. The van der Waals surface area contributed by atoms with Crippen molar-refractivity contribution in [1.82, 2.24) is 0 Å². The second-order valence-electron chi connectivity index (χ2n) is 2.35. The highest BCUT2D eigenvalue weighted by Crippen LogP contribution is 1.98. The fourth-order valence-corrected chi connectivity index (χ4v) is 0.852. The molecule has 0 saturated carbocycles. The molecule has 1 N–H and O–H groups in total. The van der Waals surface area contributed by atoms with Crippen molar-refractivity contribution in [3.8, 4) is 0 Å². The number of hydrogen-bond acceptors (Lipinski definition) is 1. The molecule has 0 atom stereocenters. The van der Waals surface area contributed by atoms with Crippen molar-refractivity contribution in [3.05, 3.63) is 48.0 Å². The Kier molecular flexibility index (Phi) is 3.08. The zero-order chi connectivity index (χ0) is 8.81. The molecule has 1 radical (unpaired) electrons. The number of hydrogen-bond donors (Lipinski definition) is 1. The van der Waals surface area contributed by atoms with Gasteiger partial charge in [-0.1, -0.05) is 30.3 Å². The number of allylic oxidation sites excluding steroid dienone is 1. The Morgan fingerprint density at radius 3 is 2.67 bits per heavy atom. The van der Waals surface area contributed by atoms with Crippen molar-refractivity contribution in [2.75, 3.05) is 0 Å². The van der Waals surface area contributed by atoms with E-state index in [1.54, 1.807) is 0 Å². The van der Waals surface area contributed by atoms with Gasteiger partial charge in [-0.15, -0.1) is 0 Å². The van der Waals surface area contributed by atoms with Gasteiger partial charge in [0, 0.05) is 6.08 Å². The molecule has 1 aromatic carbocycles. The second kappa shape index (κ2) is 4.34. The molecule has 0 saturated heterocycles. The molecule has 0 aliphatic rings. The third kappa shape index (κ3) is 3.01. The summed E-state index contributed by atoms with van der Waals surface area (Å²) in [6.07, 6.45) is 4.26. The number of aliphatic carboxylic acids is 1. The van der Waals surface area contributed by atoms with E-state index in [1.807, 2.05) is 30.3 Å². The van der Waals surface area contributed by atoms with Crippen LogP contribution in [0.15, 0.2) is 36.4 Å². The van der Waals surface area contributed by atoms with Crippen molar-refractivity contribution < 1.29 is 9.90 Å². The maximum atomic E-state index is 10.1. The Hall–Kier alpha value is -1.57. The Bertz CT molecular complexity index is 275. The summed E-state index contributed by atoms with van der Waals surface area (Å²) in [7, 11) is 0.